The molecule has 1 N–H and O–H groups in total. The Morgan fingerprint density at radius 1 is 1.32 bits per heavy atom. The van der Waals surface area contributed by atoms with Crippen LogP contribution < -0.4 is 5.32 Å². The molecule has 8 heteroatoms. The Hall–Kier alpha value is -1.48. The highest BCUT2D eigenvalue weighted by atomic mass is 32.2. The van der Waals surface area contributed by atoms with E-state index in [1.54, 1.807) is 38.2 Å². The van der Waals surface area contributed by atoms with Gasteiger partial charge in [0.2, 0.25) is 10.0 Å². The number of nitrogens with one attached hydrogen (secondary N) is 1. The van der Waals surface area contributed by atoms with Gasteiger partial charge in [-0.1, -0.05) is 0 Å². The van der Waals surface area contributed by atoms with Gasteiger partial charge in [0.25, 0.3) is 0 Å². The fourth-order valence-electron chi connectivity index (χ4n) is 3.02. The molecule has 136 valence electrons. The number of esters is 1. The molecule has 3 rings (SSSR count). The maximum absolute atomic E-state index is 12.9. The van der Waals surface area contributed by atoms with Crippen molar-refractivity contribution in [3.63, 3.8) is 0 Å². The molecule has 1 fully saturated rings. The normalized spacial score (nSPS) is 16.4. The molecule has 6 nitrogen and oxygen atoms in total. The van der Waals surface area contributed by atoms with Gasteiger partial charge in [-0.15, -0.1) is 11.3 Å². The molecule has 25 heavy (non-hydrogen) atoms. The van der Waals surface area contributed by atoms with Crippen LogP contribution >= 0.6 is 11.3 Å². The first-order valence-corrected chi connectivity index (χ1v) is 10.6. The van der Waals surface area contributed by atoms with E-state index in [2.05, 4.69) is 5.32 Å². The summed E-state index contributed by atoms with van der Waals surface area (Å²) >= 11 is 1.31. The van der Waals surface area contributed by atoms with E-state index in [4.69, 9.17) is 4.74 Å². The van der Waals surface area contributed by atoms with Crippen molar-refractivity contribution in [2.45, 2.75) is 30.7 Å². The zero-order valence-electron chi connectivity index (χ0n) is 14.3. The molecule has 0 amide bonds. The van der Waals surface area contributed by atoms with E-state index in [-0.39, 0.29) is 16.9 Å². The molecule has 0 aliphatic carbocycles. The van der Waals surface area contributed by atoms with E-state index in [0.717, 1.165) is 36.0 Å². The number of thiophene rings is 1. The molecule has 1 saturated heterocycles. The first-order valence-electron chi connectivity index (χ1n) is 8.33. The van der Waals surface area contributed by atoms with Crippen LogP contribution in [0.1, 0.15) is 29.4 Å². The van der Waals surface area contributed by atoms with Crippen LogP contribution in [0.3, 0.4) is 0 Å². The van der Waals surface area contributed by atoms with Gasteiger partial charge >= 0.3 is 5.97 Å². The lowest BCUT2D eigenvalue weighted by Crippen LogP contribution is -2.43. The van der Waals surface area contributed by atoms with Crippen molar-refractivity contribution >= 4 is 37.4 Å². The van der Waals surface area contributed by atoms with E-state index in [9.17, 15) is 13.2 Å². The second-order valence-electron chi connectivity index (χ2n) is 6.03. The molecule has 0 radical (unpaired) electrons. The Bertz CT molecular complexity index is 870. The minimum atomic E-state index is -3.56. The quantitative estimate of drug-likeness (QED) is 0.804. The molecular weight excluding hydrogens is 360 g/mol. The predicted octanol–water partition coefficient (Wildman–Crippen LogP) is 2.45. The highest BCUT2D eigenvalue weighted by Gasteiger charge is 2.29. The number of sulfonamides is 1. The Labute approximate surface area is 151 Å². The maximum Gasteiger partial charge on any atom is 0.348 e. The number of rotatable bonds is 5. The van der Waals surface area contributed by atoms with E-state index < -0.39 is 10.0 Å². The second-order valence-corrected chi connectivity index (χ2v) is 9.11. The molecule has 2 aromatic rings. The van der Waals surface area contributed by atoms with Crippen LogP contribution in [0, 0.1) is 0 Å². The number of piperidine rings is 1. The van der Waals surface area contributed by atoms with E-state index in [0.29, 0.717) is 11.5 Å². The SMILES string of the molecule is CCOC(=O)c1cc2cc(S(=O)(=O)N(C)C3CCNCC3)ccc2s1. The Morgan fingerprint density at radius 3 is 2.72 bits per heavy atom. The summed E-state index contributed by atoms with van der Waals surface area (Å²) in [4.78, 5) is 12.6. The van der Waals surface area contributed by atoms with E-state index >= 15 is 0 Å². The number of hydrogen-bond acceptors (Lipinski definition) is 6. The van der Waals surface area contributed by atoms with Gasteiger partial charge in [-0.2, -0.15) is 4.31 Å². The molecule has 0 spiro atoms. The topological polar surface area (TPSA) is 75.7 Å². The first-order chi connectivity index (χ1) is 11.9. The van der Waals surface area contributed by atoms with Crippen molar-refractivity contribution in [3.8, 4) is 0 Å². The van der Waals surface area contributed by atoms with Crippen molar-refractivity contribution in [2.24, 2.45) is 0 Å². The van der Waals surface area contributed by atoms with Crippen molar-refractivity contribution in [1.29, 1.82) is 0 Å². The number of benzene rings is 1. The monoisotopic (exact) mass is 382 g/mol. The third kappa shape index (κ3) is 3.72. The van der Waals surface area contributed by atoms with Gasteiger partial charge in [0, 0.05) is 17.8 Å². The molecule has 0 atom stereocenters. The van der Waals surface area contributed by atoms with E-state index in [1.807, 2.05) is 0 Å². The minimum absolute atomic E-state index is 0.0134. The van der Waals surface area contributed by atoms with Gasteiger partial charge in [0.15, 0.2) is 0 Å². The highest BCUT2D eigenvalue weighted by molar-refractivity contribution is 7.89. The van der Waals surface area contributed by atoms with Gasteiger partial charge in [-0.3, -0.25) is 0 Å². The smallest absolute Gasteiger partial charge is 0.348 e. The van der Waals surface area contributed by atoms with Crippen LogP contribution in [0.4, 0.5) is 0 Å². The van der Waals surface area contributed by atoms with Crippen molar-refractivity contribution < 1.29 is 17.9 Å². The lowest BCUT2D eigenvalue weighted by molar-refractivity contribution is 0.0532. The van der Waals surface area contributed by atoms with Crippen LogP contribution in [-0.2, 0) is 14.8 Å². The molecule has 1 aromatic carbocycles. The number of nitrogens with zero attached hydrogens (tertiary/aromatic N) is 1. The predicted molar refractivity (Wildman–Crippen MR) is 98.6 cm³/mol. The number of carbonyl (C=O) groups excluding carboxylic acids is 1. The summed E-state index contributed by atoms with van der Waals surface area (Å²) in [6.07, 6.45) is 1.62. The summed E-state index contributed by atoms with van der Waals surface area (Å²) in [5.74, 6) is -0.375. The standard InChI is InChI=1S/C17H22N2O4S2/c1-3-23-17(20)16-11-12-10-14(4-5-15(12)24-16)25(21,22)19(2)13-6-8-18-9-7-13/h4-5,10-11,13,18H,3,6-9H2,1-2H3. The summed E-state index contributed by atoms with van der Waals surface area (Å²) < 4.78 is 33.2. The van der Waals surface area contributed by atoms with Crippen molar-refractivity contribution in [3.05, 3.63) is 29.1 Å². The van der Waals surface area contributed by atoms with Gasteiger partial charge in [-0.05, 0) is 62.5 Å². The van der Waals surface area contributed by atoms with Crippen LogP contribution in [0.5, 0.6) is 0 Å². The van der Waals surface area contributed by atoms with E-state index in [1.165, 1.54) is 15.6 Å². The van der Waals surface area contributed by atoms with Crippen LogP contribution in [0.2, 0.25) is 0 Å². The second kappa shape index (κ2) is 7.41. The van der Waals surface area contributed by atoms with Crippen molar-refractivity contribution in [1.82, 2.24) is 9.62 Å². The maximum atomic E-state index is 12.9. The number of fused-ring (bicyclic) bond motifs is 1. The summed E-state index contributed by atoms with van der Waals surface area (Å²) in [5, 5.41) is 3.99. The average Bonchev–Trinajstić information content (AvgIpc) is 3.05. The summed E-state index contributed by atoms with van der Waals surface area (Å²) in [7, 11) is -1.91. The zero-order valence-corrected chi connectivity index (χ0v) is 16.0. The molecule has 2 heterocycles. The largest absolute Gasteiger partial charge is 0.462 e. The fourth-order valence-corrected chi connectivity index (χ4v) is 5.41. The minimum Gasteiger partial charge on any atom is -0.462 e. The first kappa shape index (κ1) is 18.3. The van der Waals surface area contributed by atoms with Crippen LogP contribution in [-0.4, -0.2) is 51.5 Å². The third-order valence-corrected chi connectivity index (χ3v) is 7.47. The van der Waals surface area contributed by atoms with Gasteiger partial charge in [0.1, 0.15) is 4.88 Å². The summed E-state index contributed by atoms with van der Waals surface area (Å²) in [5.41, 5.74) is 0. The Kier molecular flexibility index (Phi) is 5.43. The average molecular weight is 383 g/mol. The highest BCUT2D eigenvalue weighted by Crippen LogP contribution is 2.30. The number of hydrogen-bond donors (Lipinski definition) is 1. The Morgan fingerprint density at radius 2 is 2.04 bits per heavy atom. The number of carbonyl (C=O) groups is 1. The lowest BCUT2D eigenvalue weighted by Gasteiger charge is -2.30. The molecule has 1 aliphatic heterocycles. The molecule has 0 bridgehead atoms. The molecule has 1 aromatic heterocycles. The third-order valence-electron chi connectivity index (χ3n) is 4.46. The zero-order chi connectivity index (χ0) is 18.0. The fraction of sp³-hybridized carbons (Fsp3) is 0.471. The van der Waals surface area contributed by atoms with Gasteiger partial charge in [0.05, 0.1) is 11.5 Å². The number of ether oxygens (including phenoxy) is 1. The Balaban J connectivity index is 1.90. The summed E-state index contributed by atoms with van der Waals surface area (Å²) in [6.45, 7) is 3.73. The van der Waals surface area contributed by atoms with Gasteiger partial charge < -0.3 is 10.1 Å². The van der Waals surface area contributed by atoms with Crippen LogP contribution in [0.15, 0.2) is 29.2 Å². The van der Waals surface area contributed by atoms with Crippen LogP contribution in [0.25, 0.3) is 10.1 Å². The molecular formula is C17H22N2O4S2. The lowest BCUT2D eigenvalue weighted by atomic mass is 10.1. The van der Waals surface area contributed by atoms with Gasteiger partial charge in [-0.25, -0.2) is 13.2 Å². The molecule has 0 unspecified atom stereocenters. The van der Waals surface area contributed by atoms with Crippen molar-refractivity contribution in [2.75, 3.05) is 26.7 Å². The summed E-state index contributed by atoms with van der Waals surface area (Å²) in [6, 6.07) is 6.72. The molecule has 0 saturated carbocycles. The molecule has 1 aliphatic rings.